The summed E-state index contributed by atoms with van der Waals surface area (Å²) in [5.74, 6) is 0.0886. The molecule has 0 aromatic rings. The van der Waals surface area contributed by atoms with Crippen LogP contribution in [0.15, 0.2) is 0 Å². The summed E-state index contributed by atoms with van der Waals surface area (Å²) in [6.45, 7) is 2.95. The zero-order chi connectivity index (χ0) is 10.1. The number of halogens is 1. The van der Waals surface area contributed by atoms with E-state index in [-0.39, 0.29) is 18.4 Å². The minimum atomic E-state index is -0.167. The van der Waals surface area contributed by atoms with Crippen LogP contribution >= 0.6 is 11.6 Å². The first-order valence-corrected chi connectivity index (χ1v) is 4.78. The summed E-state index contributed by atoms with van der Waals surface area (Å²) in [4.78, 5) is 11.1. The highest BCUT2D eigenvalue weighted by Gasteiger charge is 2.09. The van der Waals surface area contributed by atoms with Crippen LogP contribution < -0.4 is 5.32 Å². The molecule has 0 saturated carbocycles. The van der Waals surface area contributed by atoms with Crippen LogP contribution in [-0.2, 0) is 9.53 Å². The largest absolute Gasteiger partial charge is 0.394 e. The second-order valence-electron chi connectivity index (χ2n) is 2.68. The van der Waals surface area contributed by atoms with Crippen molar-refractivity contribution in [3.05, 3.63) is 0 Å². The number of alkyl halides is 1. The summed E-state index contributed by atoms with van der Waals surface area (Å²) in [5.41, 5.74) is 0. The zero-order valence-electron chi connectivity index (χ0n) is 7.75. The molecule has 78 valence electrons. The number of carbonyl (C=O) groups is 1. The number of aliphatic hydroxyl groups excluding tert-OH is 1. The number of ether oxygens (including phenoxy) is 1. The summed E-state index contributed by atoms with van der Waals surface area (Å²) in [6.07, 6.45) is 0. The molecule has 0 radical (unpaired) electrons. The van der Waals surface area contributed by atoms with Crippen molar-refractivity contribution in [1.82, 2.24) is 5.32 Å². The molecular formula is C8H16ClNO3. The van der Waals surface area contributed by atoms with Gasteiger partial charge in [-0.3, -0.25) is 4.79 Å². The SMILES string of the molecule is CC(CCl)C(=O)NCCOCCO. The quantitative estimate of drug-likeness (QED) is 0.458. The molecule has 0 heterocycles. The summed E-state index contributed by atoms with van der Waals surface area (Å²) >= 11 is 5.48. The number of rotatable bonds is 7. The van der Waals surface area contributed by atoms with Crippen molar-refractivity contribution >= 4 is 17.5 Å². The van der Waals surface area contributed by atoms with Crippen LogP contribution in [0.2, 0.25) is 0 Å². The lowest BCUT2D eigenvalue weighted by Crippen LogP contribution is -2.32. The average Bonchev–Trinajstić information content (AvgIpc) is 2.16. The van der Waals surface area contributed by atoms with Crippen molar-refractivity contribution in [2.24, 2.45) is 5.92 Å². The Morgan fingerprint density at radius 2 is 2.31 bits per heavy atom. The Bertz CT molecular complexity index is 143. The van der Waals surface area contributed by atoms with Gasteiger partial charge in [-0.25, -0.2) is 0 Å². The van der Waals surface area contributed by atoms with Crippen molar-refractivity contribution < 1.29 is 14.6 Å². The van der Waals surface area contributed by atoms with Gasteiger partial charge in [0.2, 0.25) is 5.91 Å². The van der Waals surface area contributed by atoms with E-state index >= 15 is 0 Å². The Labute approximate surface area is 83.2 Å². The van der Waals surface area contributed by atoms with Gasteiger partial charge in [-0.15, -0.1) is 11.6 Å². The summed E-state index contributed by atoms with van der Waals surface area (Å²) in [6, 6.07) is 0. The topological polar surface area (TPSA) is 58.6 Å². The summed E-state index contributed by atoms with van der Waals surface area (Å²) < 4.78 is 4.95. The van der Waals surface area contributed by atoms with Gasteiger partial charge < -0.3 is 15.2 Å². The predicted octanol–water partition coefficient (Wildman–Crippen LogP) is -0.0136. The third-order valence-electron chi connectivity index (χ3n) is 1.46. The smallest absolute Gasteiger partial charge is 0.224 e. The number of nitrogens with one attached hydrogen (secondary N) is 1. The molecule has 0 aliphatic carbocycles. The average molecular weight is 210 g/mol. The van der Waals surface area contributed by atoms with Crippen molar-refractivity contribution in [3.63, 3.8) is 0 Å². The maximum absolute atomic E-state index is 11.1. The molecule has 1 amide bonds. The lowest BCUT2D eigenvalue weighted by atomic mass is 10.2. The van der Waals surface area contributed by atoms with Gasteiger partial charge in [0.1, 0.15) is 0 Å². The number of aliphatic hydroxyl groups is 1. The summed E-state index contributed by atoms with van der Waals surface area (Å²) in [5, 5.41) is 11.0. The number of carbonyl (C=O) groups excluding carboxylic acids is 1. The lowest BCUT2D eigenvalue weighted by molar-refractivity contribution is -0.124. The molecular weight excluding hydrogens is 194 g/mol. The molecule has 4 nitrogen and oxygen atoms in total. The molecule has 13 heavy (non-hydrogen) atoms. The number of amides is 1. The van der Waals surface area contributed by atoms with Gasteiger partial charge in [0.05, 0.1) is 19.8 Å². The van der Waals surface area contributed by atoms with Crippen molar-refractivity contribution in [3.8, 4) is 0 Å². The molecule has 0 rings (SSSR count). The van der Waals surface area contributed by atoms with E-state index < -0.39 is 0 Å². The van der Waals surface area contributed by atoms with E-state index in [1.54, 1.807) is 6.92 Å². The molecule has 0 bridgehead atoms. The molecule has 0 spiro atoms. The molecule has 0 aromatic carbocycles. The van der Waals surface area contributed by atoms with Gasteiger partial charge >= 0.3 is 0 Å². The van der Waals surface area contributed by atoms with E-state index in [0.717, 1.165) is 0 Å². The van der Waals surface area contributed by atoms with E-state index in [1.165, 1.54) is 0 Å². The van der Waals surface area contributed by atoms with E-state index in [9.17, 15) is 4.79 Å². The Morgan fingerprint density at radius 3 is 2.85 bits per heavy atom. The van der Waals surface area contributed by atoms with Gasteiger partial charge in [-0.2, -0.15) is 0 Å². The first kappa shape index (κ1) is 12.7. The zero-order valence-corrected chi connectivity index (χ0v) is 8.51. The molecule has 0 aliphatic rings. The number of hydrogen-bond donors (Lipinski definition) is 2. The van der Waals surface area contributed by atoms with Crippen LogP contribution in [0.1, 0.15) is 6.92 Å². The molecule has 1 unspecified atom stereocenters. The fourth-order valence-electron chi connectivity index (χ4n) is 0.657. The van der Waals surface area contributed by atoms with Crippen molar-refractivity contribution in [2.75, 3.05) is 32.2 Å². The van der Waals surface area contributed by atoms with E-state index in [1.807, 2.05) is 0 Å². The first-order valence-electron chi connectivity index (χ1n) is 4.24. The van der Waals surface area contributed by atoms with E-state index in [4.69, 9.17) is 21.4 Å². The standard InChI is InChI=1S/C8H16ClNO3/c1-7(6-9)8(12)10-2-4-13-5-3-11/h7,11H,2-6H2,1H3,(H,10,12). The molecule has 0 aliphatic heterocycles. The van der Waals surface area contributed by atoms with Crippen LogP contribution in [0.25, 0.3) is 0 Å². The monoisotopic (exact) mass is 209 g/mol. The Hall–Kier alpha value is -0.320. The fourth-order valence-corrected chi connectivity index (χ4v) is 0.797. The third-order valence-corrected chi connectivity index (χ3v) is 1.92. The van der Waals surface area contributed by atoms with Crippen LogP contribution in [0.5, 0.6) is 0 Å². The van der Waals surface area contributed by atoms with E-state index in [0.29, 0.717) is 25.6 Å². The van der Waals surface area contributed by atoms with Crippen LogP contribution in [0, 0.1) is 5.92 Å². The first-order chi connectivity index (χ1) is 6.22. The van der Waals surface area contributed by atoms with Gasteiger partial charge in [0.25, 0.3) is 0 Å². The maximum atomic E-state index is 11.1. The second-order valence-corrected chi connectivity index (χ2v) is 2.99. The lowest BCUT2D eigenvalue weighted by Gasteiger charge is -2.08. The van der Waals surface area contributed by atoms with E-state index in [2.05, 4.69) is 5.32 Å². The van der Waals surface area contributed by atoms with Gasteiger partial charge in [0, 0.05) is 18.3 Å². The molecule has 0 saturated heterocycles. The predicted molar refractivity (Wildman–Crippen MR) is 50.8 cm³/mol. The highest BCUT2D eigenvalue weighted by molar-refractivity contribution is 6.19. The molecule has 1 atom stereocenters. The Balaban J connectivity index is 3.27. The van der Waals surface area contributed by atoms with Gasteiger partial charge in [0.15, 0.2) is 0 Å². The van der Waals surface area contributed by atoms with Crippen molar-refractivity contribution in [2.45, 2.75) is 6.92 Å². The number of hydrogen-bond acceptors (Lipinski definition) is 3. The Kier molecular flexibility index (Phi) is 8.08. The van der Waals surface area contributed by atoms with Crippen molar-refractivity contribution in [1.29, 1.82) is 0 Å². The normalized spacial score (nSPS) is 12.5. The molecule has 0 fully saturated rings. The maximum Gasteiger partial charge on any atom is 0.224 e. The highest BCUT2D eigenvalue weighted by atomic mass is 35.5. The minimum absolute atomic E-state index is 0.00598. The second kappa shape index (κ2) is 8.29. The van der Waals surface area contributed by atoms with Crippen LogP contribution in [0.4, 0.5) is 0 Å². The minimum Gasteiger partial charge on any atom is -0.394 e. The van der Waals surface area contributed by atoms with Gasteiger partial charge in [-0.05, 0) is 0 Å². The highest BCUT2D eigenvalue weighted by Crippen LogP contribution is 1.96. The Morgan fingerprint density at radius 1 is 1.62 bits per heavy atom. The molecule has 0 aromatic heterocycles. The fraction of sp³-hybridized carbons (Fsp3) is 0.875. The third kappa shape index (κ3) is 6.81. The summed E-state index contributed by atoms with van der Waals surface area (Å²) in [7, 11) is 0. The van der Waals surface area contributed by atoms with Crippen LogP contribution in [-0.4, -0.2) is 43.3 Å². The van der Waals surface area contributed by atoms with Crippen LogP contribution in [0.3, 0.4) is 0 Å². The molecule has 5 heteroatoms. The molecule has 2 N–H and O–H groups in total. The van der Waals surface area contributed by atoms with Gasteiger partial charge in [-0.1, -0.05) is 6.92 Å².